The molecule has 1 aliphatic heterocycles. The number of hydrogen-bond donors (Lipinski definition) is 1. The summed E-state index contributed by atoms with van der Waals surface area (Å²) in [5.41, 5.74) is 2.23. The van der Waals surface area contributed by atoms with Gasteiger partial charge >= 0.3 is 0 Å². The first-order valence-electron chi connectivity index (χ1n) is 7.89. The van der Waals surface area contributed by atoms with Gasteiger partial charge in [-0.1, -0.05) is 35.3 Å². The molecule has 2 heterocycles. The van der Waals surface area contributed by atoms with E-state index < -0.39 is 5.91 Å². The van der Waals surface area contributed by atoms with Gasteiger partial charge in [-0.05, 0) is 43.2 Å². The van der Waals surface area contributed by atoms with Crippen LogP contribution in [-0.2, 0) is 6.42 Å². The first kappa shape index (κ1) is 16.2. The van der Waals surface area contributed by atoms with E-state index in [9.17, 15) is 9.59 Å². The summed E-state index contributed by atoms with van der Waals surface area (Å²) in [6, 6.07) is 10.6. The molecule has 0 saturated heterocycles. The zero-order valence-corrected chi connectivity index (χ0v) is 14.9. The predicted octanol–water partition coefficient (Wildman–Crippen LogP) is 4.68. The van der Waals surface area contributed by atoms with Crippen molar-refractivity contribution in [2.45, 2.75) is 19.4 Å². The van der Waals surface area contributed by atoms with Crippen molar-refractivity contribution in [2.24, 2.45) is 0 Å². The minimum absolute atomic E-state index is 0.0921. The molecule has 126 valence electrons. The quantitative estimate of drug-likeness (QED) is 0.709. The number of nitrogens with one attached hydrogen (secondary N) is 1. The normalized spacial score (nSPS) is 15.6. The molecule has 0 spiro atoms. The van der Waals surface area contributed by atoms with E-state index in [2.05, 4.69) is 12.2 Å². The molecule has 1 N–H and O–H groups in total. The third kappa shape index (κ3) is 2.62. The summed E-state index contributed by atoms with van der Waals surface area (Å²) in [6.45, 7) is 2.07. The highest BCUT2D eigenvalue weighted by molar-refractivity contribution is 6.35. The summed E-state index contributed by atoms with van der Waals surface area (Å²) in [6.07, 6.45) is 2.49. The van der Waals surface area contributed by atoms with E-state index in [1.807, 2.05) is 16.7 Å². The molecular weight excluding hydrogens is 359 g/mol. The molecule has 1 aromatic heterocycles. The number of aromatic nitrogens is 1. The Morgan fingerprint density at radius 1 is 1.24 bits per heavy atom. The van der Waals surface area contributed by atoms with Gasteiger partial charge in [0.05, 0.1) is 16.2 Å². The van der Waals surface area contributed by atoms with Crippen molar-refractivity contribution < 1.29 is 4.79 Å². The van der Waals surface area contributed by atoms with Gasteiger partial charge in [-0.3, -0.25) is 9.59 Å². The van der Waals surface area contributed by atoms with Gasteiger partial charge in [-0.2, -0.15) is 0 Å². The maximum atomic E-state index is 12.8. The van der Waals surface area contributed by atoms with Crippen molar-refractivity contribution in [1.29, 1.82) is 0 Å². The first-order chi connectivity index (χ1) is 12.0. The average molecular weight is 373 g/mol. The SMILES string of the molecule is C[C@H]1Cc2cccc3c(=O)c(C(=O)Nc4cc(Cl)ccc4Cl)cn1c23. The molecule has 0 saturated carbocycles. The zero-order valence-electron chi connectivity index (χ0n) is 13.3. The maximum Gasteiger partial charge on any atom is 0.261 e. The third-order valence-electron chi connectivity index (χ3n) is 4.55. The molecule has 1 aliphatic rings. The highest BCUT2D eigenvalue weighted by atomic mass is 35.5. The van der Waals surface area contributed by atoms with E-state index in [1.54, 1.807) is 30.5 Å². The average Bonchev–Trinajstić information content (AvgIpc) is 2.90. The highest BCUT2D eigenvalue weighted by Crippen LogP contribution is 2.31. The standard InChI is InChI=1S/C19H14Cl2N2O2/c1-10-7-11-3-2-4-13-17(11)23(10)9-14(18(13)24)19(25)22-16-8-12(20)5-6-15(16)21/h2-6,8-10H,7H2,1H3,(H,22,25)/t10-/m0/s1. The number of rotatable bonds is 2. The topological polar surface area (TPSA) is 51.1 Å². The van der Waals surface area contributed by atoms with Gasteiger partial charge < -0.3 is 9.88 Å². The number of halogens is 2. The van der Waals surface area contributed by atoms with E-state index in [1.165, 1.54) is 0 Å². The second-order valence-corrected chi connectivity index (χ2v) is 7.07. The fraction of sp³-hybridized carbons (Fsp3) is 0.158. The molecule has 2 aromatic carbocycles. The summed E-state index contributed by atoms with van der Waals surface area (Å²) in [5, 5.41) is 4.06. The third-order valence-corrected chi connectivity index (χ3v) is 5.11. The minimum atomic E-state index is -0.496. The summed E-state index contributed by atoms with van der Waals surface area (Å²) >= 11 is 12.0. The lowest BCUT2D eigenvalue weighted by Crippen LogP contribution is -2.24. The number of carbonyl (C=O) groups excluding carboxylic acids is 1. The number of amides is 1. The Bertz CT molecular complexity index is 1090. The predicted molar refractivity (Wildman–Crippen MR) is 101 cm³/mol. The fourth-order valence-electron chi connectivity index (χ4n) is 3.36. The number of para-hydroxylation sites is 1. The molecule has 25 heavy (non-hydrogen) atoms. The van der Waals surface area contributed by atoms with Gasteiger partial charge in [-0.15, -0.1) is 0 Å². The Balaban J connectivity index is 1.83. The van der Waals surface area contributed by atoms with Crippen LogP contribution in [0.4, 0.5) is 5.69 Å². The van der Waals surface area contributed by atoms with Crippen molar-refractivity contribution in [3.05, 3.63) is 74.0 Å². The van der Waals surface area contributed by atoms with Crippen molar-refractivity contribution >= 4 is 45.7 Å². The minimum Gasteiger partial charge on any atom is -0.343 e. The molecule has 0 bridgehead atoms. The van der Waals surface area contributed by atoms with Crippen LogP contribution in [0.25, 0.3) is 10.9 Å². The van der Waals surface area contributed by atoms with E-state index in [-0.39, 0.29) is 17.0 Å². The monoisotopic (exact) mass is 372 g/mol. The van der Waals surface area contributed by atoms with Gasteiger partial charge in [0.25, 0.3) is 5.91 Å². The number of anilines is 1. The van der Waals surface area contributed by atoms with Crippen LogP contribution < -0.4 is 10.7 Å². The molecule has 0 aliphatic carbocycles. The number of carbonyl (C=O) groups is 1. The van der Waals surface area contributed by atoms with Crippen LogP contribution in [0, 0.1) is 0 Å². The lowest BCUT2D eigenvalue weighted by Gasteiger charge is -2.13. The van der Waals surface area contributed by atoms with Crippen molar-refractivity contribution in [2.75, 3.05) is 5.32 Å². The Morgan fingerprint density at radius 3 is 2.84 bits per heavy atom. The van der Waals surface area contributed by atoms with Crippen LogP contribution in [0.2, 0.25) is 10.0 Å². The molecule has 6 heteroatoms. The molecular formula is C19H14Cl2N2O2. The fourth-order valence-corrected chi connectivity index (χ4v) is 3.70. The van der Waals surface area contributed by atoms with Crippen LogP contribution in [0.5, 0.6) is 0 Å². The molecule has 4 rings (SSSR count). The van der Waals surface area contributed by atoms with Crippen molar-refractivity contribution in [3.63, 3.8) is 0 Å². The molecule has 0 unspecified atom stereocenters. The van der Waals surface area contributed by atoms with E-state index >= 15 is 0 Å². The molecule has 1 amide bonds. The maximum absolute atomic E-state index is 12.8. The van der Waals surface area contributed by atoms with Crippen LogP contribution in [-0.4, -0.2) is 10.5 Å². The number of nitrogens with zero attached hydrogens (tertiary/aromatic N) is 1. The van der Waals surface area contributed by atoms with Gasteiger partial charge in [0, 0.05) is 22.6 Å². The number of benzene rings is 2. The highest BCUT2D eigenvalue weighted by Gasteiger charge is 2.24. The van der Waals surface area contributed by atoms with Crippen molar-refractivity contribution in [1.82, 2.24) is 4.57 Å². The smallest absolute Gasteiger partial charge is 0.261 e. The molecule has 0 fully saturated rings. The molecule has 0 radical (unpaired) electrons. The lowest BCUT2D eigenvalue weighted by molar-refractivity contribution is 0.102. The van der Waals surface area contributed by atoms with Crippen LogP contribution in [0.15, 0.2) is 47.4 Å². The largest absolute Gasteiger partial charge is 0.343 e. The van der Waals surface area contributed by atoms with Gasteiger partial charge in [0.2, 0.25) is 5.43 Å². The molecule has 3 aromatic rings. The van der Waals surface area contributed by atoms with Crippen LogP contribution in [0.3, 0.4) is 0 Å². The van der Waals surface area contributed by atoms with Gasteiger partial charge in [-0.25, -0.2) is 0 Å². The van der Waals surface area contributed by atoms with E-state index in [0.29, 0.717) is 21.1 Å². The van der Waals surface area contributed by atoms with Gasteiger partial charge in [0.15, 0.2) is 0 Å². The summed E-state index contributed by atoms with van der Waals surface area (Å²) in [5.74, 6) is -0.496. The van der Waals surface area contributed by atoms with Crippen molar-refractivity contribution in [3.8, 4) is 0 Å². The summed E-state index contributed by atoms with van der Waals surface area (Å²) in [7, 11) is 0. The molecule has 4 nitrogen and oxygen atoms in total. The summed E-state index contributed by atoms with van der Waals surface area (Å²) < 4.78 is 2.00. The molecule has 1 atom stereocenters. The second-order valence-electron chi connectivity index (χ2n) is 6.22. The zero-order chi connectivity index (χ0) is 17.7. The number of hydrogen-bond acceptors (Lipinski definition) is 2. The Labute approximate surface area is 154 Å². The lowest BCUT2D eigenvalue weighted by atomic mass is 10.1. The number of pyridine rings is 1. The van der Waals surface area contributed by atoms with E-state index in [0.717, 1.165) is 17.5 Å². The van der Waals surface area contributed by atoms with Crippen LogP contribution >= 0.6 is 23.2 Å². The van der Waals surface area contributed by atoms with E-state index in [4.69, 9.17) is 23.2 Å². The first-order valence-corrected chi connectivity index (χ1v) is 8.64. The second kappa shape index (κ2) is 5.90. The Morgan fingerprint density at radius 2 is 2.04 bits per heavy atom. The Kier molecular flexibility index (Phi) is 3.82. The van der Waals surface area contributed by atoms with Gasteiger partial charge in [0.1, 0.15) is 5.56 Å². The van der Waals surface area contributed by atoms with Crippen LogP contribution in [0.1, 0.15) is 28.9 Å². The summed E-state index contributed by atoms with van der Waals surface area (Å²) in [4.78, 5) is 25.5. The Hall–Kier alpha value is -2.30.